The summed E-state index contributed by atoms with van der Waals surface area (Å²) in [7, 11) is 0. The number of rotatable bonds is 6. The van der Waals surface area contributed by atoms with Gasteiger partial charge in [-0.1, -0.05) is 0 Å². The number of nitrogens with one attached hydrogen (secondary N) is 1. The molecule has 0 bridgehead atoms. The predicted octanol–water partition coefficient (Wildman–Crippen LogP) is 2.61. The first kappa shape index (κ1) is 14.7. The summed E-state index contributed by atoms with van der Waals surface area (Å²) in [5.41, 5.74) is 1.01. The van der Waals surface area contributed by atoms with Crippen LogP contribution < -0.4 is 10.1 Å². The van der Waals surface area contributed by atoms with E-state index in [-0.39, 0.29) is 5.82 Å². The Hall–Kier alpha value is -2.21. The van der Waals surface area contributed by atoms with Crippen LogP contribution >= 0.6 is 0 Å². The Balaban J connectivity index is 1.47. The number of ether oxygens (including phenoxy) is 2. The third-order valence-electron chi connectivity index (χ3n) is 3.53. The van der Waals surface area contributed by atoms with Crippen LogP contribution in [0.4, 0.5) is 10.2 Å². The van der Waals surface area contributed by atoms with Gasteiger partial charge in [0.2, 0.25) is 0 Å². The molecule has 6 heteroatoms. The van der Waals surface area contributed by atoms with Crippen LogP contribution in [0.15, 0.2) is 36.7 Å². The number of benzene rings is 1. The molecule has 1 aromatic heterocycles. The number of nitrogens with zero attached hydrogens (tertiary/aromatic N) is 2. The third-order valence-corrected chi connectivity index (χ3v) is 3.53. The van der Waals surface area contributed by atoms with Crippen LogP contribution in [0.2, 0.25) is 0 Å². The van der Waals surface area contributed by atoms with E-state index >= 15 is 0 Å². The van der Waals surface area contributed by atoms with Gasteiger partial charge >= 0.3 is 0 Å². The van der Waals surface area contributed by atoms with E-state index in [0.717, 1.165) is 31.1 Å². The Bertz CT molecular complexity index is 601. The maximum absolute atomic E-state index is 12.8. The summed E-state index contributed by atoms with van der Waals surface area (Å²) in [6.45, 7) is 2.60. The molecule has 1 fully saturated rings. The van der Waals surface area contributed by atoms with Gasteiger partial charge in [-0.25, -0.2) is 14.4 Å². The second-order valence-electron chi connectivity index (χ2n) is 5.12. The maximum Gasteiger partial charge on any atom is 0.129 e. The summed E-state index contributed by atoms with van der Waals surface area (Å²) in [5.74, 6) is 1.52. The summed E-state index contributed by atoms with van der Waals surface area (Å²) in [6, 6.07) is 7.93. The van der Waals surface area contributed by atoms with E-state index in [9.17, 15) is 4.39 Å². The van der Waals surface area contributed by atoms with Crippen molar-refractivity contribution in [2.75, 3.05) is 31.7 Å². The Kier molecular flexibility index (Phi) is 4.80. The van der Waals surface area contributed by atoms with E-state index < -0.39 is 0 Å². The predicted molar refractivity (Wildman–Crippen MR) is 80.6 cm³/mol. The number of halogens is 1. The topological polar surface area (TPSA) is 56.3 Å². The molecule has 1 aromatic carbocycles. The SMILES string of the molecule is Fc1ccc(OCCNc2cc(C3CCOC3)ncn2)cc1. The molecular weight excluding hydrogens is 285 g/mol. The summed E-state index contributed by atoms with van der Waals surface area (Å²) in [6.07, 6.45) is 2.57. The van der Waals surface area contributed by atoms with Gasteiger partial charge in [0.05, 0.1) is 18.8 Å². The van der Waals surface area contributed by atoms with Crippen molar-refractivity contribution >= 4 is 5.82 Å². The van der Waals surface area contributed by atoms with Gasteiger partial charge in [0.1, 0.15) is 30.3 Å². The molecule has 116 valence electrons. The smallest absolute Gasteiger partial charge is 0.129 e. The molecule has 3 rings (SSSR count). The molecule has 0 radical (unpaired) electrons. The van der Waals surface area contributed by atoms with E-state index in [1.165, 1.54) is 12.1 Å². The van der Waals surface area contributed by atoms with Gasteiger partial charge in [-0.3, -0.25) is 0 Å². The molecule has 1 N–H and O–H groups in total. The first-order chi connectivity index (χ1) is 10.8. The minimum atomic E-state index is -0.269. The lowest BCUT2D eigenvalue weighted by molar-refractivity contribution is 0.193. The number of aromatic nitrogens is 2. The van der Waals surface area contributed by atoms with E-state index in [0.29, 0.717) is 24.8 Å². The zero-order valence-electron chi connectivity index (χ0n) is 12.2. The second-order valence-corrected chi connectivity index (χ2v) is 5.12. The third kappa shape index (κ3) is 3.92. The van der Waals surface area contributed by atoms with Gasteiger partial charge in [-0.15, -0.1) is 0 Å². The molecule has 22 heavy (non-hydrogen) atoms. The Morgan fingerprint density at radius 3 is 2.91 bits per heavy atom. The summed E-state index contributed by atoms with van der Waals surface area (Å²) in [4.78, 5) is 8.51. The van der Waals surface area contributed by atoms with E-state index in [1.807, 2.05) is 6.07 Å². The molecule has 1 aliphatic heterocycles. The van der Waals surface area contributed by atoms with Gasteiger partial charge in [0.15, 0.2) is 0 Å². The molecule has 1 unspecified atom stereocenters. The first-order valence-electron chi connectivity index (χ1n) is 7.33. The largest absolute Gasteiger partial charge is 0.492 e. The molecule has 5 nitrogen and oxygen atoms in total. The minimum Gasteiger partial charge on any atom is -0.492 e. The highest BCUT2D eigenvalue weighted by molar-refractivity contribution is 5.36. The fourth-order valence-corrected chi connectivity index (χ4v) is 2.34. The molecule has 1 saturated heterocycles. The average Bonchev–Trinajstić information content (AvgIpc) is 3.08. The van der Waals surface area contributed by atoms with Gasteiger partial charge in [0.25, 0.3) is 0 Å². The van der Waals surface area contributed by atoms with Gasteiger partial charge in [0, 0.05) is 18.6 Å². The summed E-state index contributed by atoms with van der Waals surface area (Å²) in [5, 5.41) is 3.20. The second kappa shape index (κ2) is 7.17. The zero-order valence-corrected chi connectivity index (χ0v) is 12.2. The maximum atomic E-state index is 12.8. The highest BCUT2D eigenvalue weighted by Gasteiger charge is 2.19. The van der Waals surface area contributed by atoms with Crippen LogP contribution in [0, 0.1) is 5.82 Å². The Morgan fingerprint density at radius 2 is 2.14 bits per heavy atom. The average molecular weight is 303 g/mol. The van der Waals surface area contributed by atoms with Crippen molar-refractivity contribution in [2.24, 2.45) is 0 Å². The molecule has 1 aliphatic rings. The standard InChI is InChI=1S/C16H18FN3O2/c17-13-1-3-14(4-2-13)22-8-6-18-16-9-15(19-11-20-16)12-5-7-21-10-12/h1-4,9,11-12H,5-8,10H2,(H,18,19,20). The van der Waals surface area contributed by atoms with Crippen molar-refractivity contribution in [3.8, 4) is 5.75 Å². The van der Waals surface area contributed by atoms with Crippen LogP contribution in [0.1, 0.15) is 18.0 Å². The number of hydrogen-bond acceptors (Lipinski definition) is 5. The van der Waals surface area contributed by atoms with Crippen molar-refractivity contribution in [1.29, 1.82) is 0 Å². The molecular formula is C16H18FN3O2. The van der Waals surface area contributed by atoms with Crippen LogP contribution in [0.25, 0.3) is 0 Å². The first-order valence-corrected chi connectivity index (χ1v) is 7.33. The molecule has 0 spiro atoms. The van der Waals surface area contributed by atoms with Crippen LogP contribution in [-0.4, -0.2) is 36.3 Å². The highest BCUT2D eigenvalue weighted by Crippen LogP contribution is 2.24. The quantitative estimate of drug-likeness (QED) is 0.831. The van der Waals surface area contributed by atoms with E-state index in [2.05, 4.69) is 15.3 Å². The van der Waals surface area contributed by atoms with Crippen LogP contribution in [-0.2, 0) is 4.74 Å². The molecule has 1 atom stereocenters. The fraction of sp³-hybridized carbons (Fsp3) is 0.375. The highest BCUT2D eigenvalue weighted by atomic mass is 19.1. The van der Waals surface area contributed by atoms with E-state index in [1.54, 1.807) is 18.5 Å². The monoisotopic (exact) mass is 303 g/mol. The minimum absolute atomic E-state index is 0.269. The Morgan fingerprint density at radius 1 is 1.27 bits per heavy atom. The number of anilines is 1. The fourth-order valence-electron chi connectivity index (χ4n) is 2.34. The molecule has 0 aliphatic carbocycles. The van der Waals surface area contributed by atoms with Gasteiger partial charge in [-0.2, -0.15) is 0 Å². The van der Waals surface area contributed by atoms with Crippen molar-refractivity contribution < 1.29 is 13.9 Å². The van der Waals surface area contributed by atoms with E-state index in [4.69, 9.17) is 9.47 Å². The summed E-state index contributed by atoms with van der Waals surface area (Å²) < 4.78 is 23.7. The molecule has 2 aromatic rings. The van der Waals surface area contributed by atoms with Crippen LogP contribution in [0.5, 0.6) is 5.75 Å². The van der Waals surface area contributed by atoms with Crippen molar-refractivity contribution in [3.05, 3.63) is 48.2 Å². The lowest BCUT2D eigenvalue weighted by atomic mass is 10.1. The van der Waals surface area contributed by atoms with Gasteiger partial charge in [-0.05, 0) is 30.7 Å². The Labute approximate surface area is 128 Å². The lowest BCUT2D eigenvalue weighted by Gasteiger charge is -2.10. The van der Waals surface area contributed by atoms with Gasteiger partial charge < -0.3 is 14.8 Å². The van der Waals surface area contributed by atoms with Crippen molar-refractivity contribution in [3.63, 3.8) is 0 Å². The lowest BCUT2D eigenvalue weighted by Crippen LogP contribution is -2.13. The normalized spacial score (nSPS) is 17.4. The van der Waals surface area contributed by atoms with Crippen LogP contribution in [0.3, 0.4) is 0 Å². The summed E-state index contributed by atoms with van der Waals surface area (Å²) >= 11 is 0. The molecule has 0 amide bonds. The number of hydrogen-bond donors (Lipinski definition) is 1. The van der Waals surface area contributed by atoms with Crippen molar-refractivity contribution in [2.45, 2.75) is 12.3 Å². The molecule has 0 saturated carbocycles. The van der Waals surface area contributed by atoms with Crippen molar-refractivity contribution in [1.82, 2.24) is 9.97 Å². The zero-order chi connectivity index (χ0) is 15.2. The molecule has 2 heterocycles.